The molecule has 0 bridgehead atoms. The van der Waals surface area contributed by atoms with E-state index in [1.807, 2.05) is 30.3 Å². The molecule has 1 heterocycles. The van der Waals surface area contributed by atoms with Crippen LogP contribution in [0.2, 0.25) is 0 Å². The number of methoxy groups -OCH3 is 2. The molecule has 158 valence electrons. The summed E-state index contributed by atoms with van der Waals surface area (Å²) in [5.41, 5.74) is 3.85. The van der Waals surface area contributed by atoms with Gasteiger partial charge in [0.25, 0.3) is 5.91 Å². The molecule has 31 heavy (non-hydrogen) atoms. The zero-order valence-electron chi connectivity index (χ0n) is 17.5. The fourth-order valence-corrected chi connectivity index (χ4v) is 4.53. The molecule has 3 aromatic carbocycles. The van der Waals surface area contributed by atoms with Gasteiger partial charge in [-0.15, -0.1) is 11.8 Å². The average Bonchev–Trinajstić information content (AvgIpc) is 3.20. The average molecular weight is 433 g/mol. The summed E-state index contributed by atoms with van der Waals surface area (Å²) in [6, 6.07) is 23.8. The zero-order valence-corrected chi connectivity index (χ0v) is 18.3. The number of hydrogen-bond acceptors (Lipinski definition) is 4. The summed E-state index contributed by atoms with van der Waals surface area (Å²) in [6.07, 6.45) is 0. The number of hydrogen-bond donors (Lipinski definition) is 2. The van der Waals surface area contributed by atoms with Crippen LogP contribution in [-0.2, 0) is 0 Å². The molecule has 5 nitrogen and oxygen atoms in total. The molecule has 0 atom stereocenters. The molecule has 1 aromatic heterocycles. The van der Waals surface area contributed by atoms with E-state index in [2.05, 4.69) is 34.6 Å². The fraction of sp³-hybridized carbons (Fsp3) is 0.160. The lowest BCUT2D eigenvalue weighted by molar-refractivity contribution is 0.0953. The molecule has 4 rings (SSSR count). The van der Waals surface area contributed by atoms with Gasteiger partial charge in [0.05, 0.1) is 25.5 Å². The number of aromatic nitrogens is 1. The normalized spacial score (nSPS) is 10.8. The second-order valence-electron chi connectivity index (χ2n) is 6.91. The van der Waals surface area contributed by atoms with E-state index >= 15 is 0 Å². The van der Waals surface area contributed by atoms with Crippen molar-refractivity contribution < 1.29 is 14.3 Å². The Hall–Kier alpha value is -3.38. The first-order valence-electron chi connectivity index (χ1n) is 10.0. The largest absolute Gasteiger partial charge is 0.497 e. The Morgan fingerprint density at radius 2 is 1.74 bits per heavy atom. The number of amides is 1. The molecular weight excluding hydrogens is 408 g/mol. The van der Waals surface area contributed by atoms with Crippen molar-refractivity contribution in [2.45, 2.75) is 4.90 Å². The van der Waals surface area contributed by atoms with Crippen LogP contribution < -0.4 is 14.8 Å². The Kier molecular flexibility index (Phi) is 6.48. The predicted molar refractivity (Wildman–Crippen MR) is 126 cm³/mol. The summed E-state index contributed by atoms with van der Waals surface area (Å²) in [6.45, 7) is 0.534. The maximum absolute atomic E-state index is 12.6. The summed E-state index contributed by atoms with van der Waals surface area (Å²) in [5, 5.41) is 4.18. The molecule has 0 unspecified atom stereocenters. The molecule has 0 aliphatic heterocycles. The van der Waals surface area contributed by atoms with E-state index in [1.54, 1.807) is 44.2 Å². The van der Waals surface area contributed by atoms with Crippen LogP contribution in [0.1, 0.15) is 10.4 Å². The van der Waals surface area contributed by atoms with Gasteiger partial charge in [-0.25, -0.2) is 0 Å². The first-order chi connectivity index (χ1) is 15.2. The zero-order chi connectivity index (χ0) is 21.6. The standard InChI is InChI=1S/C25H24N2O3S/c1-29-18-12-13-20(22(16-18)30-2)25(28)26-14-15-31-24-19-10-6-7-11-21(19)27-23(24)17-8-4-3-5-9-17/h3-13,16,27H,14-15H2,1-2H3,(H,26,28). The second kappa shape index (κ2) is 9.62. The molecule has 0 fully saturated rings. The van der Waals surface area contributed by atoms with E-state index in [-0.39, 0.29) is 5.91 Å². The van der Waals surface area contributed by atoms with E-state index in [0.29, 0.717) is 23.6 Å². The van der Waals surface area contributed by atoms with Gasteiger partial charge in [-0.3, -0.25) is 4.79 Å². The summed E-state index contributed by atoms with van der Waals surface area (Å²) < 4.78 is 10.5. The summed E-state index contributed by atoms with van der Waals surface area (Å²) in [5.74, 6) is 1.72. The quantitative estimate of drug-likeness (QED) is 0.290. The van der Waals surface area contributed by atoms with E-state index in [0.717, 1.165) is 22.5 Å². The van der Waals surface area contributed by atoms with Crippen molar-refractivity contribution in [2.75, 3.05) is 26.5 Å². The van der Waals surface area contributed by atoms with Gasteiger partial charge in [-0.2, -0.15) is 0 Å². The molecule has 2 N–H and O–H groups in total. The van der Waals surface area contributed by atoms with Crippen molar-refractivity contribution in [3.8, 4) is 22.8 Å². The highest BCUT2D eigenvalue weighted by molar-refractivity contribution is 7.99. The number of carbonyl (C=O) groups excluding carboxylic acids is 1. The van der Waals surface area contributed by atoms with E-state index in [9.17, 15) is 4.79 Å². The van der Waals surface area contributed by atoms with Crippen LogP contribution in [0.3, 0.4) is 0 Å². The van der Waals surface area contributed by atoms with Gasteiger partial charge >= 0.3 is 0 Å². The topological polar surface area (TPSA) is 63.3 Å². The van der Waals surface area contributed by atoms with Crippen LogP contribution in [0.15, 0.2) is 77.7 Å². The minimum Gasteiger partial charge on any atom is -0.497 e. The highest BCUT2D eigenvalue weighted by atomic mass is 32.2. The van der Waals surface area contributed by atoms with Crippen LogP contribution in [0, 0.1) is 0 Å². The number of fused-ring (bicyclic) bond motifs is 1. The van der Waals surface area contributed by atoms with Gasteiger partial charge in [0.15, 0.2) is 0 Å². The van der Waals surface area contributed by atoms with E-state index in [4.69, 9.17) is 9.47 Å². The number of ether oxygens (including phenoxy) is 2. The molecule has 0 saturated heterocycles. The number of carbonyl (C=O) groups is 1. The third-order valence-electron chi connectivity index (χ3n) is 5.01. The Morgan fingerprint density at radius 3 is 2.52 bits per heavy atom. The van der Waals surface area contributed by atoms with Crippen molar-refractivity contribution in [3.05, 3.63) is 78.4 Å². The molecule has 6 heteroatoms. The molecule has 1 amide bonds. The van der Waals surface area contributed by atoms with Crippen LogP contribution >= 0.6 is 11.8 Å². The van der Waals surface area contributed by atoms with Crippen molar-refractivity contribution in [1.29, 1.82) is 0 Å². The van der Waals surface area contributed by atoms with E-state index in [1.165, 1.54) is 10.3 Å². The van der Waals surface area contributed by atoms with Crippen molar-refractivity contribution in [1.82, 2.24) is 10.3 Å². The number of benzene rings is 3. The molecule has 0 radical (unpaired) electrons. The Labute approximate surface area is 185 Å². The fourth-order valence-electron chi connectivity index (χ4n) is 3.47. The van der Waals surface area contributed by atoms with Crippen LogP contribution in [0.4, 0.5) is 0 Å². The van der Waals surface area contributed by atoms with E-state index < -0.39 is 0 Å². The molecule has 0 saturated carbocycles. The van der Waals surface area contributed by atoms with Gasteiger partial charge in [-0.1, -0.05) is 48.5 Å². The summed E-state index contributed by atoms with van der Waals surface area (Å²) >= 11 is 1.73. The SMILES string of the molecule is COc1ccc(C(=O)NCCSc2c(-c3ccccc3)[nH]c3ccccc23)c(OC)c1. The van der Waals surface area contributed by atoms with Crippen molar-refractivity contribution in [2.24, 2.45) is 0 Å². The molecule has 0 spiro atoms. The van der Waals surface area contributed by atoms with Crippen LogP contribution in [0.5, 0.6) is 11.5 Å². The molecule has 0 aliphatic carbocycles. The molecular formula is C25H24N2O3S. The highest BCUT2D eigenvalue weighted by Crippen LogP contribution is 2.37. The van der Waals surface area contributed by atoms with Gasteiger partial charge < -0.3 is 19.8 Å². The minimum absolute atomic E-state index is 0.165. The number of rotatable bonds is 8. The smallest absolute Gasteiger partial charge is 0.255 e. The first kappa shape index (κ1) is 20.9. The Bertz CT molecular complexity index is 1190. The molecule has 0 aliphatic rings. The Balaban J connectivity index is 1.46. The lowest BCUT2D eigenvalue weighted by Gasteiger charge is -2.11. The lowest BCUT2D eigenvalue weighted by Crippen LogP contribution is -2.26. The van der Waals surface area contributed by atoms with Crippen LogP contribution in [-0.4, -0.2) is 37.4 Å². The van der Waals surface area contributed by atoms with Gasteiger partial charge in [-0.05, 0) is 23.8 Å². The monoisotopic (exact) mass is 432 g/mol. The van der Waals surface area contributed by atoms with Gasteiger partial charge in [0.2, 0.25) is 0 Å². The highest BCUT2D eigenvalue weighted by Gasteiger charge is 2.15. The van der Waals surface area contributed by atoms with Crippen molar-refractivity contribution >= 4 is 28.6 Å². The lowest BCUT2D eigenvalue weighted by atomic mass is 10.1. The summed E-state index contributed by atoms with van der Waals surface area (Å²) in [4.78, 5) is 17.4. The number of nitrogens with one attached hydrogen (secondary N) is 2. The minimum atomic E-state index is -0.165. The number of aromatic amines is 1. The molecule has 4 aromatic rings. The van der Waals surface area contributed by atoms with Gasteiger partial charge in [0, 0.05) is 34.2 Å². The third-order valence-corrected chi connectivity index (χ3v) is 6.13. The first-order valence-corrected chi connectivity index (χ1v) is 11.0. The van der Waals surface area contributed by atoms with Gasteiger partial charge in [0.1, 0.15) is 11.5 Å². The number of para-hydroxylation sites is 1. The maximum Gasteiger partial charge on any atom is 0.255 e. The van der Waals surface area contributed by atoms with Crippen molar-refractivity contribution in [3.63, 3.8) is 0 Å². The van der Waals surface area contributed by atoms with Crippen LogP contribution in [0.25, 0.3) is 22.2 Å². The maximum atomic E-state index is 12.6. The summed E-state index contributed by atoms with van der Waals surface area (Å²) in [7, 11) is 3.13. The third kappa shape index (κ3) is 4.54. The number of thioether (sulfide) groups is 1. The predicted octanol–water partition coefficient (Wildman–Crippen LogP) is 5.37. The Morgan fingerprint density at radius 1 is 0.968 bits per heavy atom. The second-order valence-corrected chi connectivity index (χ2v) is 8.02. The number of H-pyrrole nitrogens is 1.